The summed E-state index contributed by atoms with van der Waals surface area (Å²) in [6.07, 6.45) is -2.11. The van der Waals surface area contributed by atoms with Gasteiger partial charge in [0.2, 0.25) is 0 Å². The lowest BCUT2D eigenvalue weighted by atomic mass is 10.1. The van der Waals surface area contributed by atoms with Gasteiger partial charge in [-0.2, -0.15) is 13.2 Å². The second kappa shape index (κ2) is 6.30. The molecule has 2 heterocycles. The molecule has 0 aromatic carbocycles. The molecule has 8 heteroatoms. The molecule has 0 saturated carbocycles. The van der Waals surface area contributed by atoms with Crippen LogP contribution >= 0.6 is 0 Å². The van der Waals surface area contributed by atoms with Gasteiger partial charge in [-0.1, -0.05) is 0 Å². The molecule has 1 aromatic rings. The molecule has 0 spiro atoms. The van der Waals surface area contributed by atoms with Crippen LogP contribution in [0.4, 0.5) is 19.0 Å². The van der Waals surface area contributed by atoms with Gasteiger partial charge in [-0.15, -0.1) is 0 Å². The molecule has 0 aliphatic carbocycles. The molecule has 1 aliphatic heterocycles. The fourth-order valence-electron chi connectivity index (χ4n) is 2.28. The first kappa shape index (κ1) is 15.6. The SMILES string of the molecule is NC(=O)c1ccc(C(F)(F)F)nc1NC1CCCNCC1. The van der Waals surface area contributed by atoms with Crippen LogP contribution in [0.15, 0.2) is 12.1 Å². The largest absolute Gasteiger partial charge is 0.433 e. The third-order valence-electron chi connectivity index (χ3n) is 3.37. The molecule has 1 saturated heterocycles. The number of alkyl halides is 3. The summed E-state index contributed by atoms with van der Waals surface area (Å²) >= 11 is 0. The lowest BCUT2D eigenvalue weighted by molar-refractivity contribution is -0.141. The Balaban J connectivity index is 2.27. The quantitative estimate of drug-likeness (QED) is 0.795. The number of nitrogens with one attached hydrogen (secondary N) is 2. The number of nitrogens with two attached hydrogens (primary N) is 1. The molecule has 1 amide bonds. The van der Waals surface area contributed by atoms with E-state index in [1.165, 1.54) is 0 Å². The van der Waals surface area contributed by atoms with Crippen LogP contribution in [0.25, 0.3) is 0 Å². The van der Waals surface area contributed by atoms with Crippen molar-refractivity contribution in [3.8, 4) is 0 Å². The van der Waals surface area contributed by atoms with E-state index in [-0.39, 0.29) is 17.4 Å². The monoisotopic (exact) mass is 302 g/mol. The average Bonchev–Trinajstić information content (AvgIpc) is 2.66. The van der Waals surface area contributed by atoms with Crippen molar-refractivity contribution in [3.05, 3.63) is 23.4 Å². The summed E-state index contributed by atoms with van der Waals surface area (Å²) in [5, 5.41) is 6.14. The van der Waals surface area contributed by atoms with Gasteiger partial charge in [0.15, 0.2) is 0 Å². The number of rotatable bonds is 3. The van der Waals surface area contributed by atoms with Gasteiger partial charge >= 0.3 is 6.18 Å². The molecular weight excluding hydrogens is 285 g/mol. The molecule has 0 bridgehead atoms. The molecule has 1 aliphatic rings. The van der Waals surface area contributed by atoms with Crippen molar-refractivity contribution < 1.29 is 18.0 Å². The van der Waals surface area contributed by atoms with E-state index in [9.17, 15) is 18.0 Å². The summed E-state index contributed by atoms with van der Waals surface area (Å²) in [6.45, 7) is 1.64. The van der Waals surface area contributed by atoms with E-state index >= 15 is 0 Å². The highest BCUT2D eigenvalue weighted by Gasteiger charge is 2.33. The van der Waals surface area contributed by atoms with Gasteiger partial charge < -0.3 is 16.4 Å². The van der Waals surface area contributed by atoms with Crippen molar-refractivity contribution in [1.29, 1.82) is 0 Å². The fourth-order valence-corrected chi connectivity index (χ4v) is 2.28. The maximum atomic E-state index is 12.7. The van der Waals surface area contributed by atoms with E-state index in [2.05, 4.69) is 15.6 Å². The third-order valence-corrected chi connectivity index (χ3v) is 3.37. The molecule has 1 atom stereocenters. The first-order chi connectivity index (χ1) is 9.88. The first-order valence-electron chi connectivity index (χ1n) is 6.73. The minimum absolute atomic E-state index is 0.0276. The number of primary amides is 1. The van der Waals surface area contributed by atoms with Gasteiger partial charge in [-0.3, -0.25) is 4.79 Å². The van der Waals surface area contributed by atoms with E-state index in [4.69, 9.17) is 5.73 Å². The molecule has 116 valence electrons. The Bertz CT molecular complexity index is 511. The summed E-state index contributed by atoms with van der Waals surface area (Å²) in [5.41, 5.74) is 4.13. The molecular formula is C13H17F3N4O. The normalized spacial score (nSPS) is 19.9. The first-order valence-corrected chi connectivity index (χ1v) is 6.73. The zero-order valence-electron chi connectivity index (χ0n) is 11.3. The van der Waals surface area contributed by atoms with E-state index in [0.29, 0.717) is 0 Å². The van der Waals surface area contributed by atoms with E-state index in [1.807, 2.05) is 0 Å². The van der Waals surface area contributed by atoms with Crippen LogP contribution in [-0.4, -0.2) is 30.0 Å². The summed E-state index contributed by atoms with van der Waals surface area (Å²) in [5.74, 6) is -0.894. The molecule has 1 unspecified atom stereocenters. The van der Waals surface area contributed by atoms with Gasteiger partial charge in [-0.25, -0.2) is 4.98 Å². The average molecular weight is 302 g/mol. The van der Waals surface area contributed by atoms with Crippen LogP contribution in [0.2, 0.25) is 0 Å². The van der Waals surface area contributed by atoms with Gasteiger partial charge in [0.05, 0.1) is 5.56 Å². The van der Waals surface area contributed by atoms with Crippen molar-refractivity contribution in [2.24, 2.45) is 5.73 Å². The van der Waals surface area contributed by atoms with Crippen LogP contribution in [0.5, 0.6) is 0 Å². The van der Waals surface area contributed by atoms with Crippen molar-refractivity contribution >= 4 is 11.7 Å². The van der Waals surface area contributed by atoms with Crippen LogP contribution in [0.3, 0.4) is 0 Å². The summed E-state index contributed by atoms with van der Waals surface area (Å²) in [4.78, 5) is 14.9. The number of hydrogen-bond donors (Lipinski definition) is 3. The molecule has 5 nitrogen and oxygen atoms in total. The standard InChI is InChI=1S/C13H17F3N4O/c14-13(15,16)10-4-3-9(11(17)21)12(20-10)19-8-2-1-6-18-7-5-8/h3-4,8,18H,1-2,5-7H2,(H2,17,21)(H,19,20). The minimum Gasteiger partial charge on any atom is -0.367 e. The van der Waals surface area contributed by atoms with Crippen molar-refractivity contribution in [1.82, 2.24) is 10.3 Å². The zero-order valence-corrected chi connectivity index (χ0v) is 11.3. The molecule has 4 N–H and O–H groups in total. The summed E-state index contributed by atoms with van der Waals surface area (Å²) in [7, 11) is 0. The number of amides is 1. The van der Waals surface area contributed by atoms with Crippen molar-refractivity contribution in [2.75, 3.05) is 18.4 Å². The van der Waals surface area contributed by atoms with Gasteiger partial charge in [0.25, 0.3) is 5.91 Å². The molecule has 0 radical (unpaired) electrons. The number of nitrogens with zero attached hydrogens (tertiary/aromatic N) is 1. The van der Waals surface area contributed by atoms with Crippen LogP contribution in [-0.2, 0) is 6.18 Å². The number of aromatic nitrogens is 1. The lowest BCUT2D eigenvalue weighted by Gasteiger charge is -2.19. The Labute approximate surface area is 120 Å². The summed E-state index contributed by atoms with van der Waals surface area (Å²) < 4.78 is 38.2. The Hall–Kier alpha value is -1.83. The Morgan fingerprint density at radius 2 is 2.10 bits per heavy atom. The molecule has 1 aromatic heterocycles. The van der Waals surface area contributed by atoms with Gasteiger partial charge in [0, 0.05) is 6.04 Å². The predicted octanol–water partition coefficient (Wildman–Crippen LogP) is 1.75. The van der Waals surface area contributed by atoms with Crippen molar-refractivity contribution in [2.45, 2.75) is 31.5 Å². The number of carbonyl (C=O) groups is 1. The van der Waals surface area contributed by atoms with Crippen LogP contribution < -0.4 is 16.4 Å². The fraction of sp³-hybridized carbons (Fsp3) is 0.538. The Kier molecular flexibility index (Phi) is 4.66. The van der Waals surface area contributed by atoms with Crippen molar-refractivity contribution in [3.63, 3.8) is 0 Å². The minimum atomic E-state index is -4.56. The van der Waals surface area contributed by atoms with Crippen LogP contribution in [0, 0.1) is 0 Å². The Morgan fingerprint density at radius 1 is 1.33 bits per heavy atom. The maximum absolute atomic E-state index is 12.7. The zero-order chi connectivity index (χ0) is 15.5. The highest BCUT2D eigenvalue weighted by molar-refractivity contribution is 5.97. The smallest absolute Gasteiger partial charge is 0.367 e. The predicted molar refractivity (Wildman–Crippen MR) is 71.9 cm³/mol. The number of carbonyl (C=O) groups excluding carboxylic acids is 1. The molecule has 1 fully saturated rings. The van der Waals surface area contributed by atoms with Gasteiger partial charge in [0.1, 0.15) is 11.5 Å². The number of pyridine rings is 1. The highest BCUT2D eigenvalue weighted by Crippen LogP contribution is 2.30. The number of hydrogen-bond acceptors (Lipinski definition) is 4. The molecule has 2 rings (SSSR count). The molecule has 21 heavy (non-hydrogen) atoms. The van der Waals surface area contributed by atoms with Gasteiger partial charge in [-0.05, 0) is 44.5 Å². The second-order valence-corrected chi connectivity index (χ2v) is 4.98. The van der Waals surface area contributed by atoms with E-state index < -0.39 is 17.8 Å². The Morgan fingerprint density at radius 3 is 2.76 bits per heavy atom. The number of anilines is 1. The second-order valence-electron chi connectivity index (χ2n) is 4.98. The number of halogens is 3. The highest BCUT2D eigenvalue weighted by atomic mass is 19.4. The topological polar surface area (TPSA) is 80.0 Å². The summed E-state index contributed by atoms with van der Waals surface area (Å²) in [6, 6.07) is 1.80. The van der Waals surface area contributed by atoms with E-state index in [1.54, 1.807) is 0 Å². The maximum Gasteiger partial charge on any atom is 0.433 e. The van der Waals surface area contributed by atoms with Crippen LogP contribution in [0.1, 0.15) is 35.3 Å². The lowest BCUT2D eigenvalue weighted by Crippen LogP contribution is -2.25. The third kappa shape index (κ3) is 4.07. The van der Waals surface area contributed by atoms with E-state index in [0.717, 1.165) is 44.5 Å².